The molecule has 0 aliphatic heterocycles. The SMILES string of the molecule is c1cc(-n2cc(Cc3ccc4cc(CNCC5CCC5)[nH]c4c3)nn2)c2cn[nH]c2c1. The second kappa shape index (κ2) is 7.67. The Kier molecular flexibility index (Phi) is 4.53. The summed E-state index contributed by atoms with van der Waals surface area (Å²) in [5.41, 5.74) is 6.54. The van der Waals surface area contributed by atoms with Gasteiger partial charge in [0.05, 0.1) is 29.3 Å². The molecule has 0 atom stereocenters. The number of hydrogen-bond donors (Lipinski definition) is 3. The van der Waals surface area contributed by atoms with Gasteiger partial charge in [0.25, 0.3) is 0 Å². The predicted octanol–water partition coefficient (Wildman–Crippen LogP) is 4.11. The highest BCUT2D eigenvalue weighted by Crippen LogP contribution is 2.25. The molecule has 1 saturated carbocycles. The van der Waals surface area contributed by atoms with Crippen LogP contribution in [0.4, 0.5) is 0 Å². The van der Waals surface area contributed by atoms with Crippen LogP contribution in [0.1, 0.15) is 36.2 Å². The van der Waals surface area contributed by atoms with Crippen molar-refractivity contribution in [3.05, 3.63) is 71.8 Å². The molecule has 6 rings (SSSR count). The molecule has 0 unspecified atom stereocenters. The number of H-pyrrole nitrogens is 2. The summed E-state index contributed by atoms with van der Waals surface area (Å²) in [6.07, 6.45) is 8.72. The topological polar surface area (TPSA) is 87.2 Å². The van der Waals surface area contributed by atoms with E-state index in [1.165, 1.54) is 41.4 Å². The van der Waals surface area contributed by atoms with E-state index in [1.54, 1.807) is 0 Å². The summed E-state index contributed by atoms with van der Waals surface area (Å²) in [5, 5.41) is 21.7. The summed E-state index contributed by atoms with van der Waals surface area (Å²) in [6.45, 7) is 2.03. The molecule has 31 heavy (non-hydrogen) atoms. The highest BCUT2D eigenvalue weighted by Gasteiger charge is 2.16. The summed E-state index contributed by atoms with van der Waals surface area (Å²) < 4.78 is 1.83. The summed E-state index contributed by atoms with van der Waals surface area (Å²) in [6, 6.07) is 14.9. The van der Waals surface area contributed by atoms with E-state index in [-0.39, 0.29) is 0 Å². The lowest BCUT2D eigenvalue weighted by atomic mass is 9.85. The second-order valence-corrected chi connectivity index (χ2v) is 8.58. The number of hydrogen-bond acceptors (Lipinski definition) is 4. The summed E-state index contributed by atoms with van der Waals surface area (Å²) >= 11 is 0. The van der Waals surface area contributed by atoms with Crippen LogP contribution in [0.3, 0.4) is 0 Å². The van der Waals surface area contributed by atoms with Crippen molar-refractivity contribution in [2.24, 2.45) is 5.92 Å². The molecular weight excluding hydrogens is 386 g/mol. The number of rotatable bonds is 7. The fourth-order valence-electron chi connectivity index (χ4n) is 4.41. The summed E-state index contributed by atoms with van der Waals surface area (Å²) in [4.78, 5) is 3.57. The minimum atomic E-state index is 0.742. The standard InChI is InChI=1S/C24H25N7/c1-3-16(4-1)12-25-13-19-11-18-8-7-17(10-23(18)27-19)9-20-15-31(30-28-20)24-6-2-5-22-21(24)14-26-29-22/h2,5-8,10-11,14-16,25,27H,1,3-4,9,12-13H2,(H,26,29). The fourth-order valence-corrected chi connectivity index (χ4v) is 4.41. The molecule has 0 radical (unpaired) electrons. The van der Waals surface area contributed by atoms with E-state index in [0.717, 1.165) is 47.7 Å². The fraction of sp³-hybridized carbons (Fsp3) is 0.292. The molecule has 7 nitrogen and oxygen atoms in total. The van der Waals surface area contributed by atoms with Crippen LogP contribution in [0.2, 0.25) is 0 Å². The molecule has 0 spiro atoms. The van der Waals surface area contributed by atoms with Gasteiger partial charge in [0.15, 0.2) is 0 Å². The molecular formula is C24H25N7. The zero-order chi connectivity index (χ0) is 20.6. The third kappa shape index (κ3) is 3.61. The lowest BCUT2D eigenvalue weighted by molar-refractivity contribution is 0.301. The third-order valence-corrected chi connectivity index (χ3v) is 6.35. The van der Waals surface area contributed by atoms with Crippen LogP contribution in [0, 0.1) is 5.92 Å². The molecule has 5 aromatic rings. The van der Waals surface area contributed by atoms with Gasteiger partial charge in [0.1, 0.15) is 0 Å². The highest BCUT2D eigenvalue weighted by molar-refractivity contribution is 5.86. The van der Waals surface area contributed by atoms with Crippen LogP contribution in [-0.2, 0) is 13.0 Å². The number of benzene rings is 2. The molecule has 1 aliphatic carbocycles. The van der Waals surface area contributed by atoms with Crippen molar-refractivity contribution in [1.82, 2.24) is 35.5 Å². The summed E-state index contributed by atoms with van der Waals surface area (Å²) in [5.74, 6) is 0.880. The van der Waals surface area contributed by atoms with Crippen LogP contribution in [0.15, 0.2) is 54.9 Å². The molecule has 1 aliphatic rings. The molecule has 0 bridgehead atoms. The third-order valence-electron chi connectivity index (χ3n) is 6.35. The Morgan fingerprint density at radius 3 is 2.97 bits per heavy atom. The lowest BCUT2D eigenvalue weighted by Crippen LogP contribution is -2.26. The lowest BCUT2D eigenvalue weighted by Gasteiger charge is -2.25. The minimum absolute atomic E-state index is 0.742. The molecule has 0 amide bonds. The van der Waals surface area contributed by atoms with E-state index >= 15 is 0 Å². The first-order valence-corrected chi connectivity index (χ1v) is 11.0. The normalized spacial score (nSPS) is 14.5. The zero-order valence-corrected chi connectivity index (χ0v) is 17.3. The predicted molar refractivity (Wildman–Crippen MR) is 121 cm³/mol. The van der Waals surface area contributed by atoms with Gasteiger partial charge in [-0.05, 0) is 60.5 Å². The maximum Gasteiger partial charge on any atom is 0.0875 e. The highest BCUT2D eigenvalue weighted by atomic mass is 15.4. The number of aromatic amines is 2. The van der Waals surface area contributed by atoms with Crippen molar-refractivity contribution in [2.75, 3.05) is 6.54 Å². The first kappa shape index (κ1) is 18.3. The number of fused-ring (bicyclic) bond motifs is 2. The second-order valence-electron chi connectivity index (χ2n) is 8.58. The van der Waals surface area contributed by atoms with Crippen molar-refractivity contribution < 1.29 is 0 Å². The van der Waals surface area contributed by atoms with Gasteiger partial charge in [0, 0.05) is 29.6 Å². The smallest absolute Gasteiger partial charge is 0.0875 e. The van der Waals surface area contributed by atoms with Crippen LogP contribution in [0.5, 0.6) is 0 Å². The zero-order valence-electron chi connectivity index (χ0n) is 17.3. The molecule has 0 saturated heterocycles. The minimum Gasteiger partial charge on any atom is -0.357 e. The first-order chi connectivity index (χ1) is 15.3. The van der Waals surface area contributed by atoms with Gasteiger partial charge in [-0.2, -0.15) is 5.10 Å². The van der Waals surface area contributed by atoms with Crippen LogP contribution >= 0.6 is 0 Å². The van der Waals surface area contributed by atoms with Gasteiger partial charge < -0.3 is 10.3 Å². The van der Waals surface area contributed by atoms with E-state index in [9.17, 15) is 0 Å². The van der Waals surface area contributed by atoms with Gasteiger partial charge in [-0.3, -0.25) is 5.10 Å². The van der Waals surface area contributed by atoms with E-state index in [2.05, 4.69) is 55.1 Å². The van der Waals surface area contributed by atoms with E-state index in [4.69, 9.17) is 0 Å². The van der Waals surface area contributed by atoms with Crippen molar-refractivity contribution >= 4 is 21.8 Å². The van der Waals surface area contributed by atoms with Crippen molar-refractivity contribution in [1.29, 1.82) is 0 Å². The van der Waals surface area contributed by atoms with Crippen molar-refractivity contribution in [3.63, 3.8) is 0 Å². The van der Waals surface area contributed by atoms with Gasteiger partial charge in [-0.25, -0.2) is 4.68 Å². The Balaban J connectivity index is 1.17. The Morgan fingerprint density at radius 2 is 2.06 bits per heavy atom. The van der Waals surface area contributed by atoms with E-state index in [1.807, 2.05) is 35.3 Å². The first-order valence-electron chi connectivity index (χ1n) is 11.0. The summed E-state index contributed by atoms with van der Waals surface area (Å²) in [7, 11) is 0. The van der Waals surface area contributed by atoms with Crippen LogP contribution < -0.4 is 5.32 Å². The van der Waals surface area contributed by atoms with Gasteiger partial charge in [-0.15, -0.1) is 5.10 Å². The number of nitrogens with zero attached hydrogens (tertiary/aromatic N) is 4. The van der Waals surface area contributed by atoms with E-state index < -0.39 is 0 Å². The molecule has 156 valence electrons. The Labute approximate surface area is 179 Å². The van der Waals surface area contributed by atoms with Gasteiger partial charge in [0.2, 0.25) is 0 Å². The quantitative estimate of drug-likeness (QED) is 0.376. The van der Waals surface area contributed by atoms with Crippen molar-refractivity contribution in [3.8, 4) is 5.69 Å². The molecule has 3 aromatic heterocycles. The molecule has 7 heteroatoms. The Hall–Kier alpha value is -3.45. The maximum atomic E-state index is 4.40. The number of aromatic nitrogens is 6. The van der Waals surface area contributed by atoms with Gasteiger partial charge >= 0.3 is 0 Å². The molecule has 3 heterocycles. The Bertz CT molecular complexity index is 1340. The largest absolute Gasteiger partial charge is 0.357 e. The monoisotopic (exact) mass is 411 g/mol. The average Bonchev–Trinajstić information content (AvgIpc) is 3.48. The average molecular weight is 412 g/mol. The molecule has 2 aromatic carbocycles. The Morgan fingerprint density at radius 1 is 1.10 bits per heavy atom. The number of nitrogens with one attached hydrogen (secondary N) is 3. The van der Waals surface area contributed by atoms with Crippen LogP contribution in [-0.4, -0.2) is 36.7 Å². The van der Waals surface area contributed by atoms with Gasteiger partial charge in [-0.1, -0.05) is 29.8 Å². The van der Waals surface area contributed by atoms with Crippen LogP contribution in [0.25, 0.3) is 27.5 Å². The maximum absolute atomic E-state index is 4.40. The van der Waals surface area contributed by atoms with Crippen molar-refractivity contribution in [2.45, 2.75) is 32.2 Å². The molecule has 3 N–H and O–H groups in total. The van der Waals surface area contributed by atoms with E-state index in [0.29, 0.717) is 0 Å². The molecule has 1 fully saturated rings.